The summed E-state index contributed by atoms with van der Waals surface area (Å²) in [6, 6.07) is 7.29. The van der Waals surface area contributed by atoms with E-state index in [2.05, 4.69) is 25.0 Å². The summed E-state index contributed by atoms with van der Waals surface area (Å²) in [7, 11) is 1.62. The SMILES string of the molecule is COc1ccc(NC(=O)C(C)Sc2nnc(N3CCOCC3)n2CC2CCCO2)cc1. The molecule has 3 heterocycles. The number of benzene rings is 1. The Morgan fingerprint density at radius 2 is 2.03 bits per heavy atom. The van der Waals surface area contributed by atoms with Crippen LogP contribution in [0.3, 0.4) is 0 Å². The Labute approximate surface area is 186 Å². The van der Waals surface area contributed by atoms with Crippen molar-refractivity contribution in [1.29, 1.82) is 0 Å². The molecule has 0 radical (unpaired) electrons. The van der Waals surface area contributed by atoms with Crippen LogP contribution in [0.4, 0.5) is 11.6 Å². The summed E-state index contributed by atoms with van der Waals surface area (Å²) in [5.74, 6) is 1.48. The Morgan fingerprint density at radius 1 is 1.26 bits per heavy atom. The second-order valence-electron chi connectivity index (χ2n) is 7.61. The number of ether oxygens (including phenoxy) is 3. The third-order valence-corrected chi connectivity index (χ3v) is 6.49. The molecule has 2 unspecified atom stereocenters. The van der Waals surface area contributed by atoms with Gasteiger partial charge in [0.15, 0.2) is 5.16 Å². The lowest BCUT2D eigenvalue weighted by atomic mass is 10.2. The minimum Gasteiger partial charge on any atom is -0.497 e. The Bertz CT molecular complexity index is 863. The lowest BCUT2D eigenvalue weighted by Crippen LogP contribution is -2.38. The number of carbonyl (C=O) groups excluding carboxylic acids is 1. The number of anilines is 2. The van der Waals surface area contributed by atoms with Gasteiger partial charge in [-0.05, 0) is 44.0 Å². The van der Waals surface area contributed by atoms with Crippen LogP contribution in [0.5, 0.6) is 5.75 Å². The van der Waals surface area contributed by atoms with Gasteiger partial charge in [-0.25, -0.2) is 0 Å². The molecule has 2 fully saturated rings. The maximum atomic E-state index is 12.8. The number of rotatable bonds is 8. The minimum absolute atomic E-state index is 0.0882. The number of methoxy groups -OCH3 is 1. The number of morpholine rings is 1. The molecule has 0 bridgehead atoms. The summed E-state index contributed by atoms with van der Waals surface area (Å²) in [5.41, 5.74) is 0.730. The number of hydrogen-bond donors (Lipinski definition) is 1. The molecule has 4 rings (SSSR count). The van der Waals surface area contributed by atoms with Crippen molar-refractivity contribution in [3.63, 3.8) is 0 Å². The van der Waals surface area contributed by atoms with Crippen LogP contribution in [0.1, 0.15) is 19.8 Å². The number of carbonyl (C=O) groups is 1. The lowest BCUT2D eigenvalue weighted by molar-refractivity contribution is -0.115. The zero-order valence-corrected chi connectivity index (χ0v) is 18.8. The average Bonchev–Trinajstić information content (AvgIpc) is 3.45. The summed E-state index contributed by atoms with van der Waals surface area (Å²) in [5, 5.41) is 12.2. The van der Waals surface area contributed by atoms with Crippen LogP contribution in [0.25, 0.3) is 0 Å². The van der Waals surface area contributed by atoms with E-state index in [-0.39, 0.29) is 17.3 Å². The van der Waals surface area contributed by atoms with E-state index in [0.29, 0.717) is 19.8 Å². The third kappa shape index (κ3) is 5.50. The Balaban J connectivity index is 1.46. The van der Waals surface area contributed by atoms with Gasteiger partial charge in [0.2, 0.25) is 11.9 Å². The van der Waals surface area contributed by atoms with Gasteiger partial charge in [0.1, 0.15) is 5.75 Å². The molecule has 31 heavy (non-hydrogen) atoms. The molecule has 0 saturated carbocycles. The molecule has 1 N–H and O–H groups in total. The first-order chi connectivity index (χ1) is 15.1. The second kappa shape index (κ2) is 10.3. The zero-order chi connectivity index (χ0) is 21.6. The van der Waals surface area contributed by atoms with Crippen LogP contribution in [-0.4, -0.2) is 72.0 Å². The molecule has 168 valence electrons. The number of hydrogen-bond acceptors (Lipinski definition) is 8. The zero-order valence-electron chi connectivity index (χ0n) is 18.0. The number of nitrogens with zero attached hydrogens (tertiary/aromatic N) is 4. The molecule has 9 nitrogen and oxygen atoms in total. The molecule has 2 atom stereocenters. The monoisotopic (exact) mass is 447 g/mol. The van der Waals surface area contributed by atoms with Gasteiger partial charge in [-0.2, -0.15) is 0 Å². The van der Waals surface area contributed by atoms with E-state index < -0.39 is 0 Å². The number of amides is 1. The third-order valence-electron chi connectivity index (χ3n) is 5.41. The van der Waals surface area contributed by atoms with E-state index in [1.54, 1.807) is 7.11 Å². The van der Waals surface area contributed by atoms with Crippen LogP contribution < -0.4 is 15.0 Å². The van der Waals surface area contributed by atoms with Crippen LogP contribution in [0.15, 0.2) is 29.4 Å². The fourth-order valence-electron chi connectivity index (χ4n) is 3.65. The van der Waals surface area contributed by atoms with Gasteiger partial charge >= 0.3 is 0 Å². The van der Waals surface area contributed by atoms with Crippen LogP contribution in [-0.2, 0) is 20.8 Å². The van der Waals surface area contributed by atoms with Crippen molar-refractivity contribution in [3.05, 3.63) is 24.3 Å². The first-order valence-corrected chi connectivity index (χ1v) is 11.5. The predicted molar refractivity (Wildman–Crippen MR) is 119 cm³/mol. The Hall–Kier alpha value is -2.30. The first-order valence-electron chi connectivity index (χ1n) is 10.6. The summed E-state index contributed by atoms with van der Waals surface area (Å²) in [6.45, 7) is 6.27. The quantitative estimate of drug-likeness (QED) is 0.617. The smallest absolute Gasteiger partial charge is 0.237 e. The maximum absolute atomic E-state index is 12.8. The maximum Gasteiger partial charge on any atom is 0.237 e. The van der Waals surface area contributed by atoms with Crippen molar-refractivity contribution in [3.8, 4) is 5.75 Å². The van der Waals surface area contributed by atoms with E-state index in [0.717, 1.165) is 55.1 Å². The van der Waals surface area contributed by atoms with Gasteiger partial charge in [0, 0.05) is 25.4 Å². The molecule has 1 aromatic carbocycles. The van der Waals surface area contributed by atoms with E-state index in [1.165, 1.54) is 11.8 Å². The Morgan fingerprint density at radius 3 is 2.71 bits per heavy atom. The van der Waals surface area contributed by atoms with E-state index in [1.807, 2.05) is 31.2 Å². The molecule has 2 aromatic rings. The van der Waals surface area contributed by atoms with Crippen molar-refractivity contribution in [2.75, 3.05) is 50.2 Å². The van der Waals surface area contributed by atoms with Crippen LogP contribution in [0, 0.1) is 0 Å². The predicted octanol–water partition coefficient (Wildman–Crippen LogP) is 2.42. The molecule has 0 spiro atoms. The number of aromatic nitrogens is 3. The molecular weight excluding hydrogens is 418 g/mol. The van der Waals surface area contributed by atoms with E-state index >= 15 is 0 Å². The van der Waals surface area contributed by atoms with Crippen molar-refractivity contribution >= 4 is 29.3 Å². The Kier molecular flexibility index (Phi) is 7.31. The normalized spacial score (nSPS) is 19.9. The van der Waals surface area contributed by atoms with Gasteiger partial charge in [0.05, 0.1) is 38.2 Å². The summed E-state index contributed by atoms with van der Waals surface area (Å²) >= 11 is 1.41. The highest BCUT2D eigenvalue weighted by atomic mass is 32.2. The highest BCUT2D eigenvalue weighted by Crippen LogP contribution is 2.29. The highest BCUT2D eigenvalue weighted by Gasteiger charge is 2.27. The molecule has 1 amide bonds. The largest absolute Gasteiger partial charge is 0.497 e. The molecule has 1 aromatic heterocycles. The highest BCUT2D eigenvalue weighted by molar-refractivity contribution is 8.00. The van der Waals surface area contributed by atoms with Crippen LogP contribution in [0.2, 0.25) is 0 Å². The molecule has 2 aliphatic rings. The first kappa shape index (κ1) is 21.9. The fraction of sp³-hybridized carbons (Fsp3) is 0.571. The summed E-state index contributed by atoms with van der Waals surface area (Å²) in [4.78, 5) is 15.0. The topological polar surface area (TPSA) is 90.7 Å². The van der Waals surface area contributed by atoms with Crippen molar-refractivity contribution < 1.29 is 19.0 Å². The standard InChI is InChI=1S/C21H29N5O4S/c1-15(19(27)22-16-5-7-17(28-2)8-6-16)31-21-24-23-20(25-9-12-29-13-10-25)26(21)14-18-4-3-11-30-18/h5-8,15,18H,3-4,9-14H2,1-2H3,(H,22,27). The minimum atomic E-state index is -0.341. The molecule has 2 saturated heterocycles. The lowest BCUT2D eigenvalue weighted by Gasteiger charge is -2.28. The molecule has 0 aliphatic carbocycles. The van der Waals surface area contributed by atoms with Crippen LogP contribution >= 0.6 is 11.8 Å². The van der Waals surface area contributed by atoms with Gasteiger partial charge in [-0.3, -0.25) is 9.36 Å². The van der Waals surface area contributed by atoms with Crippen molar-refractivity contribution in [2.45, 2.75) is 42.8 Å². The van der Waals surface area contributed by atoms with Gasteiger partial charge in [-0.1, -0.05) is 11.8 Å². The summed E-state index contributed by atoms with van der Waals surface area (Å²) in [6.07, 6.45) is 2.25. The van der Waals surface area contributed by atoms with E-state index in [9.17, 15) is 4.79 Å². The van der Waals surface area contributed by atoms with Crippen molar-refractivity contribution in [1.82, 2.24) is 14.8 Å². The van der Waals surface area contributed by atoms with Crippen molar-refractivity contribution in [2.24, 2.45) is 0 Å². The molecule has 10 heteroatoms. The molecule has 2 aliphatic heterocycles. The van der Waals surface area contributed by atoms with Gasteiger partial charge < -0.3 is 24.4 Å². The summed E-state index contributed by atoms with van der Waals surface area (Å²) < 4.78 is 18.6. The van der Waals surface area contributed by atoms with E-state index in [4.69, 9.17) is 14.2 Å². The number of thioether (sulfide) groups is 1. The van der Waals surface area contributed by atoms with Gasteiger partial charge in [0.25, 0.3) is 0 Å². The fourth-order valence-corrected chi connectivity index (χ4v) is 4.50. The average molecular weight is 448 g/mol. The van der Waals surface area contributed by atoms with Gasteiger partial charge in [-0.15, -0.1) is 10.2 Å². The number of nitrogens with one attached hydrogen (secondary N) is 1. The second-order valence-corrected chi connectivity index (χ2v) is 8.91. The molecular formula is C21H29N5O4S.